The first-order valence-electron chi connectivity index (χ1n) is 4.59. The van der Waals surface area contributed by atoms with Crippen LogP contribution in [0.3, 0.4) is 0 Å². The van der Waals surface area contributed by atoms with Gasteiger partial charge in [-0.25, -0.2) is 8.42 Å². The molecule has 0 heterocycles. The summed E-state index contributed by atoms with van der Waals surface area (Å²) in [5, 5.41) is 2.40. The Labute approximate surface area is 88.5 Å². The number of carbonyl (C=O) groups is 2. The third-order valence-electron chi connectivity index (χ3n) is 2.60. The second-order valence-electron chi connectivity index (χ2n) is 3.75. The number of sulfonamides is 1. The van der Waals surface area contributed by atoms with Crippen molar-refractivity contribution >= 4 is 22.3 Å². The van der Waals surface area contributed by atoms with Crippen molar-refractivity contribution in [1.29, 1.82) is 0 Å². The van der Waals surface area contributed by atoms with E-state index >= 15 is 0 Å². The minimum atomic E-state index is -3.57. The number of carbonyl (C=O) groups excluding carboxylic acids is 2. The Morgan fingerprint density at radius 2 is 2.20 bits per heavy atom. The summed E-state index contributed by atoms with van der Waals surface area (Å²) in [6, 6.07) is 0. The number of hydrogen-bond acceptors (Lipinski definition) is 4. The van der Waals surface area contributed by atoms with Crippen LogP contribution in [0.5, 0.6) is 0 Å². The van der Waals surface area contributed by atoms with Crippen molar-refractivity contribution in [3.63, 3.8) is 0 Å². The molecule has 1 aliphatic carbocycles. The van der Waals surface area contributed by atoms with Gasteiger partial charge in [-0.3, -0.25) is 14.3 Å². The van der Waals surface area contributed by atoms with E-state index in [1.54, 1.807) is 0 Å². The van der Waals surface area contributed by atoms with Crippen LogP contribution >= 0.6 is 0 Å². The van der Waals surface area contributed by atoms with Gasteiger partial charge >= 0.3 is 0 Å². The monoisotopic (exact) mass is 234 g/mol. The summed E-state index contributed by atoms with van der Waals surface area (Å²) in [7, 11) is -3.57. The van der Waals surface area contributed by atoms with Crippen molar-refractivity contribution in [2.75, 3.05) is 6.26 Å². The summed E-state index contributed by atoms with van der Waals surface area (Å²) >= 11 is 0. The van der Waals surface area contributed by atoms with Gasteiger partial charge in [0.1, 0.15) is 5.54 Å². The summed E-state index contributed by atoms with van der Waals surface area (Å²) in [6.07, 6.45) is 2.54. The highest BCUT2D eigenvalue weighted by Gasteiger charge is 2.59. The molecule has 1 rings (SSSR count). The van der Waals surface area contributed by atoms with Crippen LogP contribution in [0.25, 0.3) is 0 Å². The standard InChI is InChI=1S/C8H14N2O4S/c1-3-6-4-8(6,9-5-11)7(12)10-15(2,13)14/h5-6H,3-4H2,1-2H3,(H,9,11)(H,10,12). The van der Waals surface area contributed by atoms with Gasteiger partial charge < -0.3 is 5.32 Å². The number of rotatable bonds is 5. The van der Waals surface area contributed by atoms with Crippen LogP contribution in [-0.2, 0) is 19.6 Å². The predicted molar refractivity (Wildman–Crippen MR) is 53.3 cm³/mol. The fraction of sp³-hybridized carbons (Fsp3) is 0.750. The summed E-state index contributed by atoms with van der Waals surface area (Å²) in [6.45, 7) is 1.88. The molecule has 0 bridgehead atoms. The lowest BCUT2D eigenvalue weighted by Crippen LogP contribution is -2.49. The first-order chi connectivity index (χ1) is 6.85. The van der Waals surface area contributed by atoms with Gasteiger partial charge in [0.25, 0.3) is 5.91 Å². The highest BCUT2D eigenvalue weighted by atomic mass is 32.2. The van der Waals surface area contributed by atoms with Crippen molar-refractivity contribution in [3.8, 4) is 0 Å². The van der Waals surface area contributed by atoms with E-state index in [4.69, 9.17) is 0 Å². The summed E-state index contributed by atoms with van der Waals surface area (Å²) in [5.41, 5.74) is -1.01. The molecule has 2 N–H and O–H groups in total. The minimum Gasteiger partial charge on any atom is -0.344 e. The van der Waals surface area contributed by atoms with E-state index in [2.05, 4.69) is 5.32 Å². The maximum atomic E-state index is 11.6. The number of nitrogens with one attached hydrogen (secondary N) is 2. The van der Waals surface area contributed by atoms with Crippen molar-refractivity contribution in [2.45, 2.75) is 25.3 Å². The fourth-order valence-electron chi connectivity index (χ4n) is 1.71. The molecule has 1 fully saturated rings. The Hall–Kier alpha value is -1.11. The molecular weight excluding hydrogens is 220 g/mol. The molecule has 0 aromatic heterocycles. The van der Waals surface area contributed by atoms with Gasteiger partial charge in [-0.1, -0.05) is 13.3 Å². The molecular formula is C8H14N2O4S. The molecule has 6 nitrogen and oxygen atoms in total. The predicted octanol–water partition coefficient (Wildman–Crippen LogP) is -1.02. The fourth-order valence-corrected chi connectivity index (χ4v) is 2.23. The average Bonchev–Trinajstić information content (AvgIpc) is 2.77. The Kier molecular flexibility index (Phi) is 3.03. The van der Waals surface area contributed by atoms with Gasteiger partial charge in [0.05, 0.1) is 6.26 Å². The van der Waals surface area contributed by atoms with E-state index < -0.39 is 21.5 Å². The summed E-state index contributed by atoms with van der Waals surface area (Å²) < 4.78 is 23.6. The van der Waals surface area contributed by atoms with Crippen LogP contribution in [-0.4, -0.2) is 32.5 Å². The highest BCUT2D eigenvalue weighted by molar-refractivity contribution is 7.89. The average molecular weight is 234 g/mol. The molecule has 1 saturated carbocycles. The van der Waals surface area contributed by atoms with E-state index in [9.17, 15) is 18.0 Å². The zero-order valence-electron chi connectivity index (χ0n) is 8.61. The van der Waals surface area contributed by atoms with Crippen LogP contribution in [0.15, 0.2) is 0 Å². The Morgan fingerprint density at radius 1 is 1.60 bits per heavy atom. The topological polar surface area (TPSA) is 92.3 Å². The SMILES string of the molecule is CCC1CC1(NC=O)C(=O)NS(C)(=O)=O. The van der Waals surface area contributed by atoms with E-state index in [0.29, 0.717) is 12.8 Å². The largest absolute Gasteiger partial charge is 0.344 e. The van der Waals surface area contributed by atoms with Crippen molar-refractivity contribution in [3.05, 3.63) is 0 Å². The third-order valence-corrected chi connectivity index (χ3v) is 3.15. The first kappa shape index (κ1) is 12.0. The quantitative estimate of drug-likeness (QED) is 0.595. The molecule has 0 spiro atoms. The molecule has 0 aromatic carbocycles. The molecule has 2 atom stereocenters. The van der Waals surface area contributed by atoms with Crippen molar-refractivity contribution in [2.24, 2.45) is 5.92 Å². The molecule has 0 aliphatic heterocycles. The van der Waals surface area contributed by atoms with Gasteiger partial charge in [0.15, 0.2) is 0 Å². The van der Waals surface area contributed by atoms with Crippen molar-refractivity contribution < 1.29 is 18.0 Å². The Morgan fingerprint density at radius 3 is 2.53 bits per heavy atom. The summed E-state index contributed by atoms with van der Waals surface area (Å²) in [4.78, 5) is 21.9. The highest BCUT2D eigenvalue weighted by Crippen LogP contribution is 2.45. The van der Waals surface area contributed by atoms with Crippen LogP contribution < -0.4 is 10.0 Å². The maximum absolute atomic E-state index is 11.6. The molecule has 1 aliphatic rings. The zero-order valence-corrected chi connectivity index (χ0v) is 9.43. The smallest absolute Gasteiger partial charge is 0.259 e. The van der Waals surface area contributed by atoms with Crippen LogP contribution in [0.1, 0.15) is 19.8 Å². The van der Waals surface area contributed by atoms with Crippen LogP contribution in [0.4, 0.5) is 0 Å². The molecule has 86 valence electrons. The lowest BCUT2D eigenvalue weighted by molar-refractivity contribution is -0.125. The lowest BCUT2D eigenvalue weighted by atomic mass is 10.1. The van der Waals surface area contributed by atoms with E-state index in [1.165, 1.54) is 0 Å². The molecule has 2 unspecified atom stereocenters. The molecule has 2 amide bonds. The maximum Gasteiger partial charge on any atom is 0.259 e. The zero-order chi connectivity index (χ0) is 11.7. The van der Waals surface area contributed by atoms with Gasteiger partial charge in [-0.2, -0.15) is 0 Å². The summed E-state index contributed by atoms with van der Waals surface area (Å²) in [5.74, 6) is -0.631. The van der Waals surface area contributed by atoms with Crippen LogP contribution in [0, 0.1) is 5.92 Å². The lowest BCUT2D eigenvalue weighted by Gasteiger charge is -2.14. The minimum absolute atomic E-state index is 0.0180. The van der Waals surface area contributed by atoms with Gasteiger partial charge in [-0.05, 0) is 12.3 Å². The van der Waals surface area contributed by atoms with Crippen LogP contribution in [0.2, 0.25) is 0 Å². The normalized spacial score (nSPS) is 29.3. The van der Waals surface area contributed by atoms with E-state index in [0.717, 1.165) is 12.7 Å². The second-order valence-corrected chi connectivity index (χ2v) is 5.49. The molecule has 0 saturated heterocycles. The second kappa shape index (κ2) is 3.80. The third kappa shape index (κ3) is 2.47. The van der Waals surface area contributed by atoms with Gasteiger partial charge in [-0.15, -0.1) is 0 Å². The van der Waals surface area contributed by atoms with Gasteiger partial charge in [0.2, 0.25) is 16.4 Å². The number of amides is 2. The van der Waals surface area contributed by atoms with E-state index in [1.807, 2.05) is 11.6 Å². The first-order valence-corrected chi connectivity index (χ1v) is 6.48. The molecule has 7 heteroatoms. The Bertz CT molecular complexity index is 378. The number of hydrogen-bond donors (Lipinski definition) is 2. The van der Waals surface area contributed by atoms with Crippen molar-refractivity contribution in [1.82, 2.24) is 10.0 Å². The Balaban J connectivity index is 2.76. The molecule has 15 heavy (non-hydrogen) atoms. The molecule has 0 aromatic rings. The van der Waals surface area contributed by atoms with Gasteiger partial charge in [0, 0.05) is 0 Å². The molecule has 0 radical (unpaired) electrons. The van der Waals surface area contributed by atoms with E-state index in [-0.39, 0.29) is 5.92 Å².